The molecule has 0 saturated carbocycles. The van der Waals surface area contributed by atoms with E-state index in [1.54, 1.807) is 7.05 Å². The monoisotopic (exact) mass is 341 g/mol. The molecule has 1 aromatic carbocycles. The SMILES string of the molecule is Cn1c(Br)cnc1C(=O)Nc1ccc(C(=O)O)c(F)c1. The largest absolute Gasteiger partial charge is 0.478 e. The molecule has 0 unspecified atom stereocenters. The molecule has 0 atom stereocenters. The van der Waals surface area contributed by atoms with E-state index in [1.165, 1.54) is 16.8 Å². The lowest BCUT2D eigenvalue weighted by Crippen LogP contribution is -2.17. The van der Waals surface area contributed by atoms with Gasteiger partial charge in [-0.3, -0.25) is 4.79 Å². The molecule has 0 fully saturated rings. The zero-order valence-electron chi connectivity index (χ0n) is 10.2. The fourth-order valence-electron chi connectivity index (χ4n) is 1.55. The van der Waals surface area contributed by atoms with Crippen molar-refractivity contribution in [1.82, 2.24) is 9.55 Å². The lowest BCUT2D eigenvalue weighted by atomic mass is 10.2. The Morgan fingerprint density at radius 1 is 1.45 bits per heavy atom. The lowest BCUT2D eigenvalue weighted by molar-refractivity contribution is 0.0692. The number of nitrogens with zero attached hydrogens (tertiary/aromatic N) is 2. The molecule has 20 heavy (non-hydrogen) atoms. The Morgan fingerprint density at radius 3 is 2.65 bits per heavy atom. The zero-order valence-corrected chi connectivity index (χ0v) is 11.8. The smallest absolute Gasteiger partial charge is 0.338 e. The molecule has 0 radical (unpaired) electrons. The van der Waals surface area contributed by atoms with E-state index < -0.39 is 23.3 Å². The first-order valence-electron chi connectivity index (χ1n) is 5.41. The highest BCUT2D eigenvalue weighted by Gasteiger charge is 2.15. The van der Waals surface area contributed by atoms with Crippen molar-refractivity contribution in [2.45, 2.75) is 0 Å². The minimum absolute atomic E-state index is 0.139. The molecule has 8 heteroatoms. The number of halogens is 2. The van der Waals surface area contributed by atoms with Gasteiger partial charge in [0.2, 0.25) is 0 Å². The van der Waals surface area contributed by atoms with E-state index in [0.29, 0.717) is 4.60 Å². The molecule has 2 rings (SSSR count). The Hall–Kier alpha value is -2.22. The van der Waals surface area contributed by atoms with Crippen LogP contribution in [0.3, 0.4) is 0 Å². The summed E-state index contributed by atoms with van der Waals surface area (Å²) in [6.07, 6.45) is 1.46. The van der Waals surface area contributed by atoms with Crippen LogP contribution in [0.4, 0.5) is 10.1 Å². The summed E-state index contributed by atoms with van der Waals surface area (Å²) in [5.74, 6) is -2.68. The van der Waals surface area contributed by atoms with Gasteiger partial charge in [0.1, 0.15) is 10.4 Å². The predicted molar refractivity (Wildman–Crippen MR) is 72.2 cm³/mol. The van der Waals surface area contributed by atoms with E-state index >= 15 is 0 Å². The summed E-state index contributed by atoms with van der Waals surface area (Å²) in [7, 11) is 1.64. The van der Waals surface area contributed by atoms with Crippen LogP contribution in [0.15, 0.2) is 29.0 Å². The Balaban J connectivity index is 2.22. The third-order valence-corrected chi connectivity index (χ3v) is 3.33. The maximum absolute atomic E-state index is 13.5. The van der Waals surface area contributed by atoms with Gasteiger partial charge in [-0.15, -0.1) is 0 Å². The van der Waals surface area contributed by atoms with Crippen molar-refractivity contribution in [1.29, 1.82) is 0 Å². The predicted octanol–water partition coefficient (Wildman–Crippen LogP) is 2.27. The van der Waals surface area contributed by atoms with Crippen LogP contribution in [0.2, 0.25) is 0 Å². The number of carboxylic acids is 1. The number of anilines is 1. The Morgan fingerprint density at radius 2 is 2.15 bits per heavy atom. The molecule has 1 amide bonds. The van der Waals surface area contributed by atoms with Crippen LogP contribution < -0.4 is 5.32 Å². The third kappa shape index (κ3) is 2.69. The number of carbonyl (C=O) groups is 2. The number of benzene rings is 1. The van der Waals surface area contributed by atoms with Crippen LogP contribution in [0.25, 0.3) is 0 Å². The molecule has 0 bridgehead atoms. The average Bonchev–Trinajstić information content (AvgIpc) is 2.69. The third-order valence-electron chi connectivity index (χ3n) is 2.59. The highest BCUT2D eigenvalue weighted by Crippen LogP contribution is 2.16. The van der Waals surface area contributed by atoms with E-state index in [-0.39, 0.29) is 11.5 Å². The van der Waals surface area contributed by atoms with Gasteiger partial charge in [-0.2, -0.15) is 0 Å². The van der Waals surface area contributed by atoms with Gasteiger partial charge in [-0.1, -0.05) is 0 Å². The van der Waals surface area contributed by atoms with Gasteiger partial charge in [0.05, 0.1) is 11.8 Å². The summed E-state index contributed by atoms with van der Waals surface area (Å²) in [6.45, 7) is 0. The molecule has 2 N–H and O–H groups in total. The van der Waals surface area contributed by atoms with Gasteiger partial charge >= 0.3 is 5.97 Å². The highest BCUT2D eigenvalue weighted by molar-refractivity contribution is 9.10. The molecule has 0 spiro atoms. The summed E-state index contributed by atoms with van der Waals surface area (Å²) >= 11 is 3.20. The molecule has 0 aliphatic heterocycles. The van der Waals surface area contributed by atoms with Crippen molar-refractivity contribution < 1.29 is 19.1 Å². The van der Waals surface area contributed by atoms with Gasteiger partial charge < -0.3 is 15.0 Å². The maximum atomic E-state index is 13.5. The summed E-state index contributed by atoms with van der Waals surface area (Å²) in [6, 6.07) is 3.34. The molecule has 1 aromatic heterocycles. The van der Waals surface area contributed by atoms with Gasteiger partial charge in [-0.25, -0.2) is 14.2 Å². The second-order valence-corrected chi connectivity index (χ2v) is 4.73. The second kappa shape index (κ2) is 5.41. The van der Waals surface area contributed by atoms with Crippen LogP contribution in [0, 0.1) is 5.82 Å². The van der Waals surface area contributed by atoms with Crippen molar-refractivity contribution in [3.05, 3.63) is 46.2 Å². The number of amides is 1. The number of hydrogen-bond donors (Lipinski definition) is 2. The first kappa shape index (κ1) is 14.2. The van der Waals surface area contributed by atoms with E-state index in [4.69, 9.17) is 5.11 Å². The summed E-state index contributed by atoms with van der Waals surface area (Å²) < 4.78 is 15.6. The quantitative estimate of drug-likeness (QED) is 0.896. The van der Waals surface area contributed by atoms with Crippen molar-refractivity contribution in [3.63, 3.8) is 0 Å². The van der Waals surface area contributed by atoms with Gasteiger partial charge in [-0.05, 0) is 34.1 Å². The normalized spacial score (nSPS) is 10.3. The number of hydrogen-bond acceptors (Lipinski definition) is 3. The molecular weight excluding hydrogens is 333 g/mol. The molecule has 6 nitrogen and oxygen atoms in total. The van der Waals surface area contributed by atoms with Crippen LogP contribution in [0.5, 0.6) is 0 Å². The second-order valence-electron chi connectivity index (χ2n) is 3.92. The molecular formula is C12H9BrFN3O3. The number of rotatable bonds is 3. The van der Waals surface area contributed by atoms with E-state index in [0.717, 1.165) is 12.1 Å². The summed E-state index contributed by atoms with van der Waals surface area (Å²) in [4.78, 5) is 26.5. The maximum Gasteiger partial charge on any atom is 0.338 e. The minimum atomic E-state index is -1.37. The molecule has 0 aliphatic rings. The van der Waals surface area contributed by atoms with E-state index in [9.17, 15) is 14.0 Å². The van der Waals surface area contributed by atoms with Crippen LogP contribution >= 0.6 is 15.9 Å². The fourth-order valence-corrected chi connectivity index (χ4v) is 1.82. The topological polar surface area (TPSA) is 84.2 Å². The lowest BCUT2D eigenvalue weighted by Gasteiger charge is -2.06. The van der Waals surface area contributed by atoms with Crippen LogP contribution in [0.1, 0.15) is 21.0 Å². The number of nitrogens with one attached hydrogen (secondary N) is 1. The zero-order chi connectivity index (χ0) is 14.9. The standard InChI is InChI=1S/C12H9BrFN3O3/c1-17-9(13)5-15-10(17)11(18)16-6-2-3-7(12(19)20)8(14)4-6/h2-5H,1H3,(H,16,18)(H,19,20). The number of aromatic carboxylic acids is 1. The van der Waals surface area contributed by atoms with E-state index in [1.807, 2.05) is 0 Å². The highest BCUT2D eigenvalue weighted by atomic mass is 79.9. The summed E-state index contributed by atoms with van der Waals surface area (Å²) in [5.41, 5.74) is -0.306. The minimum Gasteiger partial charge on any atom is -0.478 e. The van der Waals surface area contributed by atoms with Crippen molar-refractivity contribution in [3.8, 4) is 0 Å². The first-order chi connectivity index (χ1) is 9.40. The van der Waals surface area contributed by atoms with Crippen molar-refractivity contribution in [2.24, 2.45) is 7.05 Å². The van der Waals surface area contributed by atoms with Crippen molar-refractivity contribution in [2.75, 3.05) is 5.32 Å². The van der Waals surface area contributed by atoms with Crippen LogP contribution in [-0.4, -0.2) is 26.5 Å². The molecule has 2 aromatic rings. The Labute approximate surface area is 121 Å². The first-order valence-corrected chi connectivity index (χ1v) is 6.21. The fraction of sp³-hybridized carbons (Fsp3) is 0.0833. The molecule has 104 valence electrons. The summed E-state index contributed by atoms with van der Waals surface area (Å²) in [5, 5.41) is 11.2. The molecule has 1 heterocycles. The van der Waals surface area contributed by atoms with Gasteiger partial charge in [0.25, 0.3) is 5.91 Å². The number of carbonyl (C=O) groups excluding carboxylic acids is 1. The molecule has 0 saturated heterocycles. The number of aromatic nitrogens is 2. The average molecular weight is 342 g/mol. The van der Waals surface area contributed by atoms with Gasteiger partial charge in [0, 0.05) is 12.7 Å². The number of imidazole rings is 1. The molecule has 0 aliphatic carbocycles. The Kier molecular flexibility index (Phi) is 3.84. The number of carboxylic acid groups (broad SMARTS) is 1. The Bertz CT molecular complexity index is 699. The van der Waals surface area contributed by atoms with Gasteiger partial charge in [0.15, 0.2) is 5.82 Å². The van der Waals surface area contributed by atoms with Crippen LogP contribution in [-0.2, 0) is 7.05 Å². The van der Waals surface area contributed by atoms with Crippen molar-refractivity contribution >= 4 is 33.5 Å². The van der Waals surface area contributed by atoms with E-state index in [2.05, 4.69) is 26.2 Å².